The van der Waals surface area contributed by atoms with Crippen molar-refractivity contribution in [3.8, 4) is 17.2 Å². The zero-order valence-corrected chi connectivity index (χ0v) is 20.9. The lowest BCUT2D eigenvalue weighted by atomic mass is 10.00. The predicted molar refractivity (Wildman–Crippen MR) is 144 cm³/mol. The molecule has 1 heterocycles. The van der Waals surface area contributed by atoms with Crippen molar-refractivity contribution in [3.63, 3.8) is 0 Å². The topological polar surface area (TPSA) is 27.7 Å². The molecule has 1 atom stereocenters. The molecule has 0 N–H and O–H groups in total. The Labute approximate surface area is 207 Å². The summed E-state index contributed by atoms with van der Waals surface area (Å²) in [5.74, 6) is 2.66. The number of hydrogen-bond donors (Lipinski definition) is 0. The summed E-state index contributed by atoms with van der Waals surface area (Å²) in [4.78, 5) is 1.24. The van der Waals surface area contributed by atoms with Gasteiger partial charge < -0.3 is 14.2 Å². The van der Waals surface area contributed by atoms with Crippen LogP contribution in [0.4, 0.5) is 0 Å². The van der Waals surface area contributed by atoms with Gasteiger partial charge in [0.15, 0.2) is 0 Å². The van der Waals surface area contributed by atoms with E-state index in [0.717, 1.165) is 30.3 Å². The highest BCUT2D eigenvalue weighted by molar-refractivity contribution is 8.08. The Morgan fingerprint density at radius 3 is 1.91 bits per heavy atom. The van der Waals surface area contributed by atoms with Crippen molar-refractivity contribution in [1.29, 1.82) is 0 Å². The van der Waals surface area contributed by atoms with Gasteiger partial charge in [-0.25, -0.2) is 0 Å². The van der Waals surface area contributed by atoms with Crippen LogP contribution in [0.15, 0.2) is 84.9 Å². The third kappa shape index (κ3) is 6.06. The number of benzene rings is 3. The summed E-state index contributed by atoms with van der Waals surface area (Å²) in [6.45, 7) is 2.98. The number of allylic oxidation sites excluding steroid dienone is 2. The van der Waals surface area contributed by atoms with Crippen molar-refractivity contribution in [2.75, 3.05) is 20.8 Å². The molecule has 3 aromatic rings. The zero-order chi connectivity index (χ0) is 23.8. The average molecular weight is 473 g/mol. The first-order valence-corrected chi connectivity index (χ1v) is 12.7. The second-order valence-corrected chi connectivity index (χ2v) is 9.43. The molecule has 0 saturated heterocycles. The van der Waals surface area contributed by atoms with Crippen LogP contribution < -0.4 is 14.2 Å². The molecular weight excluding hydrogens is 440 g/mol. The van der Waals surface area contributed by atoms with E-state index in [2.05, 4.69) is 67.6 Å². The van der Waals surface area contributed by atoms with E-state index in [-0.39, 0.29) is 5.25 Å². The minimum absolute atomic E-state index is 0.202. The summed E-state index contributed by atoms with van der Waals surface area (Å²) >= 11 is 1.86. The summed E-state index contributed by atoms with van der Waals surface area (Å²) in [7, 11) is 3.39. The first kappa shape index (κ1) is 24.0. The summed E-state index contributed by atoms with van der Waals surface area (Å²) in [6, 6.07) is 25.1. The number of hydrogen-bond acceptors (Lipinski definition) is 4. The minimum Gasteiger partial charge on any atom is -0.497 e. The van der Waals surface area contributed by atoms with Crippen LogP contribution in [0.2, 0.25) is 0 Å². The minimum atomic E-state index is 0.202. The highest BCUT2D eigenvalue weighted by atomic mass is 32.2. The molecule has 0 radical (unpaired) electrons. The monoisotopic (exact) mass is 472 g/mol. The van der Waals surface area contributed by atoms with E-state index >= 15 is 0 Å². The van der Waals surface area contributed by atoms with E-state index in [4.69, 9.17) is 14.2 Å². The molecule has 4 heteroatoms. The lowest BCUT2D eigenvalue weighted by Gasteiger charge is -2.23. The van der Waals surface area contributed by atoms with Crippen molar-refractivity contribution >= 4 is 22.2 Å². The second-order valence-electron chi connectivity index (χ2n) is 8.25. The van der Waals surface area contributed by atoms with Gasteiger partial charge in [-0.05, 0) is 71.2 Å². The van der Waals surface area contributed by atoms with Gasteiger partial charge in [0.2, 0.25) is 0 Å². The Balaban J connectivity index is 1.62. The maximum Gasteiger partial charge on any atom is 0.119 e. The van der Waals surface area contributed by atoms with Crippen LogP contribution in [0, 0.1) is 0 Å². The average Bonchev–Trinajstić information content (AvgIpc) is 2.91. The number of thioether (sulfide) groups is 1. The highest BCUT2D eigenvalue weighted by Gasteiger charge is 2.20. The molecule has 0 aromatic heterocycles. The number of rotatable bonds is 10. The Morgan fingerprint density at radius 1 is 0.706 bits per heavy atom. The van der Waals surface area contributed by atoms with Crippen LogP contribution in [-0.2, 0) is 0 Å². The number of unbranched alkanes of at least 4 members (excludes halogenated alkanes) is 2. The standard InChI is InChI=1S/C30H32O3S/c1-4-5-6-19-33-28-17-7-22(8-18-28)25-20-29(23-9-13-26(31-2)14-10-23)34-30(21-25)24-11-15-27(32-3)16-12-24/h7-18,20-21,29H,4-6,19H2,1-3H3. The molecule has 3 nitrogen and oxygen atoms in total. The van der Waals surface area contributed by atoms with E-state index in [1.807, 2.05) is 36.0 Å². The maximum absolute atomic E-state index is 5.91. The summed E-state index contributed by atoms with van der Waals surface area (Å²) in [5, 5.41) is 0.202. The smallest absolute Gasteiger partial charge is 0.119 e. The normalized spacial score (nSPS) is 15.3. The Morgan fingerprint density at radius 2 is 1.29 bits per heavy atom. The molecule has 0 fully saturated rings. The SMILES string of the molecule is CCCCCOc1ccc(C2=CC(c3ccc(OC)cc3)SC(c3ccc(OC)cc3)=C2)cc1. The summed E-state index contributed by atoms with van der Waals surface area (Å²) in [6.07, 6.45) is 8.12. The Hall–Kier alpha value is -3.11. The first-order valence-electron chi connectivity index (χ1n) is 11.8. The van der Waals surface area contributed by atoms with Gasteiger partial charge >= 0.3 is 0 Å². The Bertz CT molecular complexity index is 1110. The molecule has 0 bridgehead atoms. The molecule has 34 heavy (non-hydrogen) atoms. The van der Waals surface area contributed by atoms with Crippen LogP contribution >= 0.6 is 11.8 Å². The predicted octanol–water partition coefficient (Wildman–Crippen LogP) is 8.19. The van der Waals surface area contributed by atoms with Gasteiger partial charge in [-0.15, -0.1) is 11.8 Å². The molecule has 0 amide bonds. The fourth-order valence-electron chi connectivity index (χ4n) is 3.89. The number of ether oxygens (including phenoxy) is 3. The van der Waals surface area contributed by atoms with Gasteiger partial charge in [0.1, 0.15) is 17.2 Å². The van der Waals surface area contributed by atoms with Crippen LogP contribution in [0.25, 0.3) is 10.5 Å². The van der Waals surface area contributed by atoms with Gasteiger partial charge in [0.05, 0.1) is 26.1 Å². The van der Waals surface area contributed by atoms with Crippen LogP contribution in [0.1, 0.15) is 48.1 Å². The maximum atomic E-state index is 5.91. The lowest BCUT2D eigenvalue weighted by molar-refractivity contribution is 0.306. The van der Waals surface area contributed by atoms with Crippen molar-refractivity contribution in [2.24, 2.45) is 0 Å². The molecule has 1 aliphatic rings. The fourth-order valence-corrected chi connectivity index (χ4v) is 5.14. The van der Waals surface area contributed by atoms with Gasteiger partial charge in [-0.1, -0.05) is 62.2 Å². The van der Waals surface area contributed by atoms with Crippen molar-refractivity contribution in [2.45, 2.75) is 31.4 Å². The van der Waals surface area contributed by atoms with E-state index in [0.29, 0.717) is 0 Å². The van der Waals surface area contributed by atoms with Crippen LogP contribution in [0.5, 0.6) is 17.2 Å². The van der Waals surface area contributed by atoms with E-state index in [9.17, 15) is 0 Å². The lowest BCUT2D eigenvalue weighted by Crippen LogP contribution is -2.00. The molecule has 1 unspecified atom stereocenters. The van der Waals surface area contributed by atoms with Crippen LogP contribution in [-0.4, -0.2) is 20.8 Å². The molecular formula is C30H32O3S. The molecule has 3 aromatic carbocycles. The van der Waals surface area contributed by atoms with Gasteiger partial charge in [-0.3, -0.25) is 0 Å². The van der Waals surface area contributed by atoms with Gasteiger partial charge in [-0.2, -0.15) is 0 Å². The molecule has 0 spiro atoms. The summed E-state index contributed by atoms with van der Waals surface area (Å²) in [5.41, 5.74) is 4.83. The van der Waals surface area contributed by atoms with Crippen molar-refractivity contribution < 1.29 is 14.2 Å². The molecule has 1 aliphatic heterocycles. The quantitative estimate of drug-likeness (QED) is 0.278. The Kier molecular flexibility index (Phi) is 8.37. The third-order valence-corrected chi connectivity index (χ3v) is 7.16. The van der Waals surface area contributed by atoms with Crippen molar-refractivity contribution in [1.82, 2.24) is 0 Å². The third-order valence-electron chi connectivity index (χ3n) is 5.89. The van der Waals surface area contributed by atoms with E-state index < -0.39 is 0 Å². The molecule has 176 valence electrons. The first-order chi connectivity index (χ1) is 16.7. The van der Waals surface area contributed by atoms with Crippen LogP contribution in [0.3, 0.4) is 0 Å². The largest absolute Gasteiger partial charge is 0.497 e. The fraction of sp³-hybridized carbons (Fsp3) is 0.267. The van der Waals surface area contributed by atoms with Gasteiger partial charge in [0.25, 0.3) is 0 Å². The zero-order valence-electron chi connectivity index (χ0n) is 20.1. The number of methoxy groups -OCH3 is 2. The van der Waals surface area contributed by atoms with Crippen molar-refractivity contribution in [3.05, 3.63) is 102 Å². The molecule has 0 aliphatic carbocycles. The summed E-state index contributed by atoms with van der Waals surface area (Å²) < 4.78 is 16.6. The van der Waals surface area contributed by atoms with E-state index in [1.54, 1.807) is 14.2 Å². The molecule has 4 rings (SSSR count). The van der Waals surface area contributed by atoms with Gasteiger partial charge in [0, 0.05) is 4.91 Å². The molecule has 0 saturated carbocycles. The highest BCUT2D eigenvalue weighted by Crippen LogP contribution is 2.47. The second kappa shape index (κ2) is 11.8. The van der Waals surface area contributed by atoms with E-state index in [1.165, 1.54) is 40.0 Å².